The summed E-state index contributed by atoms with van der Waals surface area (Å²) >= 11 is -1.44. The molecule has 2 aliphatic heterocycles. The minimum absolute atomic E-state index is 0.118. The van der Waals surface area contributed by atoms with E-state index in [9.17, 15) is 17.4 Å². The van der Waals surface area contributed by atoms with E-state index in [2.05, 4.69) is 4.98 Å². The van der Waals surface area contributed by atoms with E-state index in [0.29, 0.717) is 37.5 Å². The van der Waals surface area contributed by atoms with Crippen LogP contribution in [0.25, 0.3) is 11.0 Å². The molecule has 0 saturated carbocycles. The van der Waals surface area contributed by atoms with Gasteiger partial charge in [-0.05, 0) is 49.8 Å². The van der Waals surface area contributed by atoms with Gasteiger partial charge in [-0.25, -0.2) is 13.5 Å². The van der Waals surface area contributed by atoms with Crippen LogP contribution in [-0.4, -0.2) is 57.5 Å². The van der Waals surface area contributed by atoms with Crippen LogP contribution in [0.1, 0.15) is 31.5 Å². The molecule has 2 aromatic rings. The first-order valence-corrected chi connectivity index (χ1v) is 11.6. The first-order valence-electron chi connectivity index (χ1n) is 10.6. The van der Waals surface area contributed by atoms with Crippen molar-refractivity contribution < 1.29 is 22.1 Å². The third-order valence-corrected chi connectivity index (χ3v) is 7.57. The predicted molar refractivity (Wildman–Crippen MR) is 114 cm³/mol. The van der Waals surface area contributed by atoms with Gasteiger partial charge < -0.3 is 15.0 Å². The van der Waals surface area contributed by atoms with Crippen molar-refractivity contribution >= 4 is 27.9 Å². The predicted octanol–water partition coefficient (Wildman–Crippen LogP) is 2.92. The Morgan fingerprint density at radius 3 is 2.55 bits per heavy atom. The SMILES string of the molecule is CN(c1ccc2c(c1)nc(C(F)(F)F)n2CC1CCOCC1)S(=O)N1CCC(N)CC1. The van der Waals surface area contributed by atoms with Crippen molar-refractivity contribution in [1.82, 2.24) is 13.9 Å². The molecule has 1 atom stereocenters. The number of anilines is 1. The molecule has 2 fully saturated rings. The lowest BCUT2D eigenvalue weighted by Crippen LogP contribution is -2.44. The molecule has 2 saturated heterocycles. The fourth-order valence-corrected chi connectivity index (χ4v) is 5.36. The van der Waals surface area contributed by atoms with Crippen LogP contribution in [0.5, 0.6) is 0 Å². The number of piperidine rings is 1. The maximum Gasteiger partial charge on any atom is 0.449 e. The van der Waals surface area contributed by atoms with Crippen molar-refractivity contribution in [3.63, 3.8) is 0 Å². The number of nitrogens with two attached hydrogens (primary N) is 1. The molecule has 1 aromatic heterocycles. The van der Waals surface area contributed by atoms with Crippen molar-refractivity contribution in [1.29, 1.82) is 0 Å². The monoisotopic (exact) mass is 459 g/mol. The number of benzene rings is 1. The first kappa shape index (κ1) is 22.5. The number of fused-ring (bicyclic) bond motifs is 1. The van der Waals surface area contributed by atoms with Crippen LogP contribution in [0.2, 0.25) is 0 Å². The third kappa shape index (κ3) is 4.89. The van der Waals surface area contributed by atoms with Crippen LogP contribution < -0.4 is 10.0 Å². The number of halogens is 3. The van der Waals surface area contributed by atoms with Gasteiger partial charge in [0.25, 0.3) is 0 Å². The third-order valence-electron chi connectivity index (χ3n) is 6.08. The van der Waals surface area contributed by atoms with Crippen molar-refractivity contribution in [3.05, 3.63) is 24.0 Å². The fraction of sp³-hybridized carbons (Fsp3) is 0.650. The number of hydrogen-bond donors (Lipinski definition) is 1. The lowest BCUT2D eigenvalue weighted by molar-refractivity contribution is -0.147. The lowest BCUT2D eigenvalue weighted by atomic mass is 10.0. The van der Waals surface area contributed by atoms with Gasteiger partial charge in [-0.3, -0.25) is 4.31 Å². The van der Waals surface area contributed by atoms with Gasteiger partial charge in [-0.1, -0.05) is 0 Å². The van der Waals surface area contributed by atoms with E-state index in [-0.39, 0.29) is 24.0 Å². The molecule has 0 bridgehead atoms. The maximum absolute atomic E-state index is 13.7. The summed E-state index contributed by atoms with van der Waals surface area (Å²) in [4.78, 5) is 3.93. The molecule has 7 nitrogen and oxygen atoms in total. The zero-order valence-electron chi connectivity index (χ0n) is 17.5. The second-order valence-corrected chi connectivity index (χ2v) is 9.79. The molecule has 31 heavy (non-hydrogen) atoms. The zero-order valence-corrected chi connectivity index (χ0v) is 18.3. The summed E-state index contributed by atoms with van der Waals surface area (Å²) in [7, 11) is 1.68. The van der Waals surface area contributed by atoms with E-state index < -0.39 is 23.2 Å². The number of imidazole rings is 1. The zero-order chi connectivity index (χ0) is 22.2. The lowest BCUT2D eigenvalue weighted by Gasteiger charge is -2.32. The van der Waals surface area contributed by atoms with Crippen LogP contribution in [0.4, 0.5) is 18.9 Å². The summed E-state index contributed by atoms with van der Waals surface area (Å²) in [5.41, 5.74) is 7.16. The van der Waals surface area contributed by atoms with Crippen molar-refractivity contribution in [2.75, 3.05) is 37.7 Å². The smallest absolute Gasteiger partial charge is 0.381 e. The van der Waals surface area contributed by atoms with E-state index >= 15 is 0 Å². The molecule has 2 aliphatic rings. The number of alkyl halides is 3. The van der Waals surface area contributed by atoms with E-state index in [1.165, 1.54) is 4.57 Å². The second-order valence-electron chi connectivity index (χ2n) is 8.27. The van der Waals surface area contributed by atoms with Gasteiger partial charge in [0.1, 0.15) is 0 Å². The summed E-state index contributed by atoms with van der Waals surface area (Å²) in [6, 6.07) is 5.05. The highest BCUT2D eigenvalue weighted by Gasteiger charge is 2.38. The van der Waals surface area contributed by atoms with Gasteiger partial charge in [0.15, 0.2) is 11.2 Å². The Labute approximate surface area is 182 Å². The summed E-state index contributed by atoms with van der Waals surface area (Å²) in [6.45, 7) is 2.64. The Morgan fingerprint density at radius 1 is 1.23 bits per heavy atom. The molecule has 0 aliphatic carbocycles. The fourth-order valence-electron chi connectivity index (χ4n) is 4.20. The molecule has 172 valence electrons. The van der Waals surface area contributed by atoms with E-state index in [1.54, 1.807) is 29.6 Å². The molecule has 4 rings (SSSR count). The normalized spacial score (nSPS) is 20.9. The molecule has 3 heterocycles. The number of rotatable bonds is 5. The minimum atomic E-state index is -4.55. The van der Waals surface area contributed by atoms with Gasteiger partial charge in [0, 0.05) is 45.9 Å². The molecular formula is C20H28F3N5O2S. The van der Waals surface area contributed by atoms with E-state index in [0.717, 1.165) is 25.7 Å². The largest absolute Gasteiger partial charge is 0.449 e. The molecule has 0 radical (unpaired) electrons. The molecule has 2 N–H and O–H groups in total. The Hall–Kier alpha value is -1.69. The van der Waals surface area contributed by atoms with Gasteiger partial charge in [-0.2, -0.15) is 13.2 Å². The van der Waals surface area contributed by atoms with Crippen molar-refractivity contribution in [2.45, 2.75) is 44.4 Å². The Bertz CT molecular complexity index is 937. The number of nitrogens with zero attached hydrogens (tertiary/aromatic N) is 4. The number of hydrogen-bond acceptors (Lipinski definition) is 4. The van der Waals surface area contributed by atoms with Gasteiger partial charge >= 0.3 is 6.18 Å². The minimum Gasteiger partial charge on any atom is -0.381 e. The summed E-state index contributed by atoms with van der Waals surface area (Å²) in [6.07, 6.45) is -1.55. The van der Waals surface area contributed by atoms with Crippen LogP contribution >= 0.6 is 0 Å². The molecule has 1 aromatic carbocycles. The van der Waals surface area contributed by atoms with Gasteiger partial charge in [0.05, 0.1) is 16.7 Å². The average Bonchev–Trinajstić information content (AvgIpc) is 3.12. The highest BCUT2D eigenvalue weighted by molar-refractivity contribution is 7.84. The van der Waals surface area contributed by atoms with Crippen LogP contribution in [-0.2, 0) is 28.6 Å². The van der Waals surface area contributed by atoms with Crippen molar-refractivity contribution in [3.8, 4) is 0 Å². The molecular weight excluding hydrogens is 431 g/mol. The summed E-state index contributed by atoms with van der Waals surface area (Å²) in [5, 5.41) is 0. The summed E-state index contributed by atoms with van der Waals surface area (Å²) in [5.74, 6) is -0.771. The highest BCUT2D eigenvalue weighted by atomic mass is 32.2. The molecule has 0 spiro atoms. The topological polar surface area (TPSA) is 76.6 Å². The molecule has 11 heteroatoms. The van der Waals surface area contributed by atoms with Gasteiger partial charge in [0.2, 0.25) is 5.82 Å². The van der Waals surface area contributed by atoms with E-state index in [4.69, 9.17) is 10.5 Å². The quantitative estimate of drug-likeness (QED) is 0.746. The molecule has 0 amide bonds. The maximum atomic E-state index is 13.7. The Balaban J connectivity index is 1.61. The van der Waals surface area contributed by atoms with Crippen LogP contribution in [0.15, 0.2) is 18.2 Å². The first-order chi connectivity index (χ1) is 14.7. The average molecular weight is 460 g/mol. The van der Waals surface area contributed by atoms with E-state index in [1.807, 2.05) is 4.31 Å². The second kappa shape index (κ2) is 9.05. The summed E-state index contributed by atoms with van der Waals surface area (Å²) < 4.78 is 64.1. The van der Waals surface area contributed by atoms with Crippen LogP contribution in [0.3, 0.4) is 0 Å². The highest BCUT2D eigenvalue weighted by Crippen LogP contribution is 2.34. The van der Waals surface area contributed by atoms with Crippen LogP contribution in [0, 0.1) is 5.92 Å². The standard InChI is InChI=1S/C20H28F3N5O2S/c1-26(31(29)27-8-4-15(24)5-9-27)16-2-3-18-17(12-16)25-19(20(21,22)23)28(18)13-14-6-10-30-11-7-14/h2-3,12,14-15H,4-11,13,24H2,1H3. The van der Waals surface area contributed by atoms with Gasteiger partial charge in [-0.15, -0.1) is 0 Å². The molecule has 1 unspecified atom stereocenters. The van der Waals surface area contributed by atoms with Crippen molar-refractivity contribution in [2.24, 2.45) is 11.7 Å². The number of aromatic nitrogens is 2. The number of ether oxygens (including phenoxy) is 1. The Kier molecular flexibility index (Phi) is 6.57. The Morgan fingerprint density at radius 2 is 1.90 bits per heavy atom.